The number of carbonyl (C=O) groups is 1. The molecule has 76 valence electrons. The molecule has 1 N–H and O–H groups in total. The lowest BCUT2D eigenvalue weighted by Gasteiger charge is -2.05. The van der Waals surface area contributed by atoms with Gasteiger partial charge in [-0.1, -0.05) is 18.5 Å². The van der Waals surface area contributed by atoms with Crippen LogP contribution < -0.4 is 0 Å². The number of carboxylic acid groups (broad SMARTS) is 1. The summed E-state index contributed by atoms with van der Waals surface area (Å²) in [5, 5.41) is 9.05. The van der Waals surface area contributed by atoms with E-state index in [1.54, 1.807) is 13.8 Å². The van der Waals surface area contributed by atoms with Crippen LogP contribution in [-0.4, -0.2) is 21.0 Å². The predicted octanol–water partition coefficient (Wildman–Crippen LogP) is 1.70. The van der Waals surface area contributed by atoms with Gasteiger partial charge in [-0.15, -0.1) is 0 Å². The predicted molar refractivity (Wildman–Crippen MR) is 52.3 cm³/mol. The van der Waals surface area contributed by atoms with E-state index in [0.717, 1.165) is 0 Å². The molecular formula is C9H11ClN2O2. The molecule has 1 heterocycles. The molecule has 0 aliphatic heterocycles. The molecule has 5 heteroatoms. The fourth-order valence-corrected chi connectivity index (χ4v) is 1.11. The smallest absolute Gasteiger partial charge is 0.306 e. The molecule has 0 spiro atoms. The molecule has 1 aromatic rings. The van der Waals surface area contributed by atoms with Crippen molar-refractivity contribution in [2.24, 2.45) is 5.92 Å². The second kappa shape index (κ2) is 4.37. The largest absolute Gasteiger partial charge is 0.481 e. The van der Waals surface area contributed by atoms with Gasteiger partial charge in [-0.25, -0.2) is 4.98 Å². The van der Waals surface area contributed by atoms with Crippen molar-refractivity contribution in [2.45, 2.75) is 20.3 Å². The summed E-state index contributed by atoms with van der Waals surface area (Å²) in [7, 11) is 0. The number of halogens is 1. The van der Waals surface area contributed by atoms with Crippen LogP contribution in [0.1, 0.15) is 18.3 Å². The van der Waals surface area contributed by atoms with Crippen molar-refractivity contribution < 1.29 is 9.90 Å². The molecule has 1 aromatic heterocycles. The molecule has 0 saturated carbocycles. The highest BCUT2D eigenvalue weighted by Gasteiger charge is 2.13. The van der Waals surface area contributed by atoms with Gasteiger partial charge in [0.2, 0.25) is 0 Å². The van der Waals surface area contributed by atoms with E-state index in [1.807, 2.05) is 0 Å². The number of aromatic nitrogens is 2. The minimum absolute atomic E-state index is 0.358. The molecule has 0 aliphatic rings. The van der Waals surface area contributed by atoms with E-state index in [4.69, 9.17) is 16.7 Å². The number of rotatable bonds is 3. The molecule has 0 amide bonds. The molecule has 0 aliphatic carbocycles. The highest BCUT2D eigenvalue weighted by Crippen LogP contribution is 2.11. The van der Waals surface area contributed by atoms with Crippen LogP contribution in [0.2, 0.25) is 5.15 Å². The van der Waals surface area contributed by atoms with Crippen LogP contribution in [0.4, 0.5) is 0 Å². The van der Waals surface area contributed by atoms with Crippen LogP contribution >= 0.6 is 11.6 Å². The average molecular weight is 215 g/mol. The number of carboxylic acids is 1. The molecular weight excluding hydrogens is 204 g/mol. The Bertz CT molecular complexity index is 355. The Kier molecular flexibility index (Phi) is 3.41. The first kappa shape index (κ1) is 10.9. The van der Waals surface area contributed by atoms with Crippen molar-refractivity contribution in [3.05, 3.63) is 22.7 Å². The fourth-order valence-electron chi connectivity index (χ4n) is 1.01. The minimum atomic E-state index is -0.834. The van der Waals surface area contributed by atoms with Crippen molar-refractivity contribution in [1.82, 2.24) is 9.97 Å². The van der Waals surface area contributed by atoms with Crippen LogP contribution in [0.25, 0.3) is 0 Å². The first-order valence-electron chi connectivity index (χ1n) is 4.21. The maximum absolute atomic E-state index is 10.6. The van der Waals surface area contributed by atoms with E-state index in [9.17, 15) is 4.79 Å². The Morgan fingerprint density at radius 2 is 2.36 bits per heavy atom. The molecule has 14 heavy (non-hydrogen) atoms. The van der Waals surface area contributed by atoms with E-state index in [-0.39, 0.29) is 0 Å². The third-order valence-electron chi connectivity index (χ3n) is 1.87. The molecule has 4 nitrogen and oxygen atoms in total. The number of aliphatic carboxylic acids is 1. The number of aryl methyl sites for hydroxylation is 1. The Hall–Kier alpha value is -1.16. The zero-order chi connectivity index (χ0) is 10.7. The second-order valence-corrected chi connectivity index (χ2v) is 3.54. The maximum Gasteiger partial charge on any atom is 0.306 e. The minimum Gasteiger partial charge on any atom is -0.481 e. The topological polar surface area (TPSA) is 63.1 Å². The summed E-state index contributed by atoms with van der Waals surface area (Å²) in [4.78, 5) is 18.6. The van der Waals surface area contributed by atoms with E-state index >= 15 is 0 Å². The van der Waals surface area contributed by atoms with Gasteiger partial charge in [0.15, 0.2) is 0 Å². The molecule has 0 saturated heterocycles. The summed E-state index contributed by atoms with van der Waals surface area (Å²) in [5.74, 6) is -1.29. The molecule has 0 radical (unpaired) electrons. The van der Waals surface area contributed by atoms with Gasteiger partial charge in [0.1, 0.15) is 5.15 Å². The van der Waals surface area contributed by atoms with Gasteiger partial charge in [-0.3, -0.25) is 9.78 Å². The average Bonchev–Trinajstić information content (AvgIpc) is 2.11. The zero-order valence-corrected chi connectivity index (χ0v) is 8.75. The van der Waals surface area contributed by atoms with E-state index in [1.165, 1.54) is 6.20 Å². The number of hydrogen-bond acceptors (Lipinski definition) is 3. The molecule has 1 atom stereocenters. The number of hydrogen-bond donors (Lipinski definition) is 1. The van der Waals surface area contributed by atoms with Crippen molar-refractivity contribution >= 4 is 17.6 Å². The highest BCUT2D eigenvalue weighted by atomic mass is 35.5. The maximum atomic E-state index is 10.6. The van der Waals surface area contributed by atoms with Crippen LogP contribution in [0, 0.1) is 12.8 Å². The molecule has 0 fully saturated rings. The van der Waals surface area contributed by atoms with Gasteiger partial charge >= 0.3 is 5.97 Å². The third kappa shape index (κ3) is 2.67. The Morgan fingerprint density at radius 1 is 1.71 bits per heavy atom. The van der Waals surface area contributed by atoms with Crippen LogP contribution in [0.3, 0.4) is 0 Å². The van der Waals surface area contributed by atoms with Gasteiger partial charge in [0.05, 0.1) is 23.5 Å². The van der Waals surface area contributed by atoms with Crippen LogP contribution in [-0.2, 0) is 11.2 Å². The van der Waals surface area contributed by atoms with Crippen molar-refractivity contribution in [2.75, 3.05) is 0 Å². The van der Waals surface area contributed by atoms with Crippen LogP contribution in [0.15, 0.2) is 6.20 Å². The fraction of sp³-hybridized carbons (Fsp3) is 0.444. The SMILES string of the molecule is Cc1nc(CC(C)C(=O)O)cnc1Cl. The summed E-state index contributed by atoms with van der Waals surface area (Å²) < 4.78 is 0. The Morgan fingerprint density at radius 3 is 2.86 bits per heavy atom. The highest BCUT2D eigenvalue weighted by molar-refractivity contribution is 6.29. The van der Waals surface area contributed by atoms with E-state index < -0.39 is 11.9 Å². The second-order valence-electron chi connectivity index (χ2n) is 3.18. The van der Waals surface area contributed by atoms with E-state index in [2.05, 4.69) is 9.97 Å². The van der Waals surface area contributed by atoms with Crippen LogP contribution in [0.5, 0.6) is 0 Å². The number of nitrogens with zero attached hydrogens (tertiary/aromatic N) is 2. The summed E-state index contributed by atoms with van der Waals surface area (Å²) in [6.07, 6.45) is 1.88. The summed E-state index contributed by atoms with van der Waals surface area (Å²) in [6.45, 7) is 3.37. The summed E-state index contributed by atoms with van der Waals surface area (Å²) in [6, 6.07) is 0. The normalized spacial score (nSPS) is 12.5. The molecule has 0 bridgehead atoms. The zero-order valence-electron chi connectivity index (χ0n) is 7.99. The lowest BCUT2D eigenvalue weighted by molar-refractivity contribution is -0.141. The van der Waals surface area contributed by atoms with Gasteiger partial charge in [-0.2, -0.15) is 0 Å². The van der Waals surface area contributed by atoms with Crippen molar-refractivity contribution in [3.8, 4) is 0 Å². The molecule has 1 unspecified atom stereocenters. The van der Waals surface area contributed by atoms with Gasteiger partial charge in [0, 0.05) is 6.42 Å². The third-order valence-corrected chi connectivity index (χ3v) is 2.24. The standard InChI is InChI=1S/C9H11ClN2O2/c1-5(9(13)14)3-7-4-11-8(10)6(2)12-7/h4-5H,3H2,1-2H3,(H,13,14). The van der Waals surface area contributed by atoms with Crippen molar-refractivity contribution in [3.63, 3.8) is 0 Å². The first-order valence-corrected chi connectivity index (χ1v) is 4.59. The Balaban J connectivity index is 2.78. The summed E-state index contributed by atoms with van der Waals surface area (Å²) in [5.41, 5.74) is 1.28. The van der Waals surface area contributed by atoms with Gasteiger partial charge < -0.3 is 5.11 Å². The van der Waals surface area contributed by atoms with Gasteiger partial charge in [-0.05, 0) is 6.92 Å². The lowest BCUT2D eigenvalue weighted by Crippen LogP contribution is -2.13. The van der Waals surface area contributed by atoms with Gasteiger partial charge in [0.25, 0.3) is 0 Å². The summed E-state index contributed by atoms with van der Waals surface area (Å²) >= 11 is 5.69. The lowest BCUT2D eigenvalue weighted by atomic mass is 10.1. The Labute approximate surface area is 87.0 Å². The van der Waals surface area contributed by atoms with E-state index in [0.29, 0.717) is 23.0 Å². The first-order chi connectivity index (χ1) is 6.50. The molecule has 0 aromatic carbocycles. The van der Waals surface area contributed by atoms with Crippen molar-refractivity contribution in [1.29, 1.82) is 0 Å². The molecule has 1 rings (SSSR count). The monoisotopic (exact) mass is 214 g/mol. The quantitative estimate of drug-likeness (QED) is 0.832.